The molecule has 0 saturated carbocycles. The van der Waals surface area contributed by atoms with Crippen LogP contribution in [0.2, 0.25) is 10.0 Å². The lowest BCUT2D eigenvalue weighted by Gasteiger charge is -2.17. The minimum atomic E-state index is -0.979. The van der Waals surface area contributed by atoms with Crippen LogP contribution in [0.5, 0.6) is 0 Å². The van der Waals surface area contributed by atoms with Crippen LogP contribution in [-0.4, -0.2) is 35.5 Å². The third-order valence-corrected chi connectivity index (χ3v) is 5.83. The normalized spacial score (nSPS) is 11.7. The topological polar surface area (TPSA) is 108 Å². The quantitative estimate of drug-likeness (QED) is 0.255. The number of halogens is 2. The van der Waals surface area contributed by atoms with Gasteiger partial charge in [-0.25, -0.2) is 4.79 Å². The number of ketones is 1. The summed E-state index contributed by atoms with van der Waals surface area (Å²) in [6.45, 7) is 3.51. The fourth-order valence-electron chi connectivity index (χ4n) is 3.38. The van der Waals surface area contributed by atoms with Crippen LogP contribution in [0, 0.1) is 5.92 Å². The molecule has 182 valence electrons. The molecule has 0 aliphatic heterocycles. The first-order valence-corrected chi connectivity index (χ1v) is 11.6. The summed E-state index contributed by atoms with van der Waals surface area (Å²) in [6, 6.07) is 17.9. The first-order valence-electron chi connectivity index (χ1n) is 10.9. The maximum Gasteiger partial charge on any atom is 0.323 e. The second kappa shape index (κ2) is 11.8. The Morgan fingerprint density at radius 2 is 1.46 bits per heavy atom. The molecule has 0 saturated heterocycles. The van der Waals surface area contributed by atoms with Crippen molar-refractivity contribution in [2.24, 2.45) is 5.92 Å². The highest BCUT2D eigenvalue weighted by Crippen LogP contribution is 2.26. The lowest BCUT2D eigenvalue weighted by Crippen LogP contribution is -2.43. The zero-order valence-electron chi connectivity index (χ0n) is 19.1. The van der Waals surface area contributed by atoms with Crippen molar-refractivity contribution in [1.29, 1.82) is 0 Å². The second-order valence-electron chi connectivity index (χ2n) is 8.22. The van der Waals surface area contributed by atoms with Crippen LogP contribution >= 0.6 is 23.2 Å². The van der Waals surface area contributed by atoms with Gasteiger partial charge in [0.15, 0.2) is 5.78 Å². The fourth-order valence-corrected chi connectivity index (χ4v) is 3.84. The average Bonchev–Trinajstić information content (AvgIpc) is 2.81. The van der Waals surface area contributed by atoms with E-state index in [1.165, 1.54) is 0 Å². The van der Waals surface area contributed by atoms with Gasteiger partial charge in [-0.3, -0.25) is 14.9 Å². The van der Waals surface area contributed by atoms with E-state index in [0.29, 0.717) is 27.0 Å². The number of carbonyl (C=O) groups is 3. The number of amides is 2. The molecular weight excluding hydrogens is 489 g/mol. The van der Waals surface area contributed by atoms with Crippen LogP contribution in [0.3, 0.4) is 0 Å². The Kier molecular flexibility index (Phi) is 8.87. The lowest BCUT2D eigenvalue weighted by molar-refractivity contribution is -0.140. The molecule has 0 bridgehead atoms. The molecule has 0 radical (unpaired) electrons. The minimum absolute atomic E-state index is 0.0574. The molecule has 0 aliphatic rings. The van der Waals surface area contributed by atoms with Crippen molar-refractivity contribution in [1.82, 2.24) is 5.32 Å². The number of carboxylic acid groups (broad SMARTS) is 1. The van der Waals surface area contributed by atoms with Gasteiger partial charge in [0.25, 0.3) is 0 Å². The third kappa shape index (κ3) is 7.29. The number of hydrogen-bond acceptors (Lipinski definition) is 4. The predicted octanol–water partition coefficient (Wildman–Crippen LogP) is 6.19. The van der Waals surface area contributed by atoms with Crippen molar-refractivity contribution in [2.45, 2.75) is 19.9 Å². The van der Waals surface area contributed by atoms with Gasteiger partial charge < -0.3 is 15.7 Å². The minimum Gasteiger partial charge on any atom is -0.480 e. The van der Waals surface area contributed by atoms with Gasteiger partial charge in [0.1, 0.15) is 6.04 Å². The molecular formula is C26H25Cl2N3O4. The number of carboxylic acids is 1. The SMILES string of the molecule is CC(C)[C@H](NCC(=O)c1ccc(-c2ccc(NC(=O)Nc3ccc(Cl)cc3Cl)cc2)cc1)C(=O)O. The Balaban J connectivity index is 1.58. The van der Waals surface area contributed by atoms with Gasteiger partial charge >= 0.3 is 12.0 Å². The number of carbonyl (C=O) groups excluding carboxylic acids is 2. The Morgan fingerprint density at radius 3 is 2.00 bits per heavy atom. The molecule has 0 aliphatic carbocycles. The highest BCUT2D eigenvalue weighted by atomic mass is 35.5. The Morgan fingerprint density at radius 1 is 0.857 bits per heavy atom. The zero-order chi connectivity index (χ0) is 25.5. The second-order valence-corrected chi connectivity index (χ2v) is 9.07. The van der Waals surface area contributed by atoms with Crippen molar-refractivity contribution < 1.29 is 19.5 Å². The molecule has 3 rings (SSSR count). The Hall–Kier alpha value is -3.39. The van der Waals surface area contributed by atoms with Gasteiger partial charge in [0.05, 0.1) is 17.3 Å². The van der Waals surface area contributed by atoms with Crippen LogP contribution in [0.25, 0.3) is 11.1 Å². The molecule has 0 fully saturated rings. The van der Waals surface area contributed by atoms with Gasteiger partial charge in [0.2, 0.25) is 0 Å². The van der Waals surface area contributed by atoms with Gasteiger partial charge in [-0.2, -0.15) is 0 Å². The van der Waals surface area contributed by atoms with Crippen molar-refractivity contribution in [2.75, 3.05) is 17.2 Å². The Labute approximate surface area is 213 Å². The molecule has 7 nitrogen and oxygen atoms in total. The summed E-state index contributed by atoms with van der Waals surface area (Å²) in [5, 5.41) is 18.3. The van der Waals surface area contributed by atoms with E-state index in [0.717, 1.165) is 11.1 Å². The van der Waals surface area contributed by atoms with E-state index in [1.54, 1.807) is 56.3 Å². The molecule has 0 unspecified atom stereocenters. The van der Waals surface area contributed by atoms with Crippen LogP contribution in [0.1, 0.15) is 24.2 Å². The van der Waals surface area contributed by atoms with Crippen molar-refractivity contribution in [3.05, 3.63) is 82.3 Å². The molecule has 0 spiro atoms. The smallest absolute Gasteiger partial charge is 0.323 e. The number of aliphatic carboxylic acids is 1. The zero-order valence-corrected chi connectivity index (χ0v) is 20.7. The molecule has 1 atom stereocenters. The first-order chi connectivity index (χ1) is 16.6. The van der Waals surface area contributed by atoms with Gasteiger partial charge in [-0.15, -0.1) is 0 Å². The number of urea groups is 1. The van der Waals surface area contributed by atoms with Gasteiger partial charge in [-0.05, 0) is 47.4 Å². The van der Waals surface area contributed by atoms with E-state index in [1.807, 2.05) is 24.3 Å². The van der Waals surface area contributed by atoms with E-state index in [4.69, 9.17) is 23.2 Å². The predicted molar refractivity (Wildman–Crippen MR) is 140 cm³/mol. The summed E-state index contributed by atoms with van der Waals surface area (Å²) in [5.74, 6) is -1.30. The fraction of sp³-hybridized carbons (Fsp3) is 0.192. The van der Waals surface area contributed by atoms with Crippen LogP contribution in [-0.2, 0) is 4.79 Å². The number of Topliss-reactive ketones (excluding diaryl/α,β-unsaturated/α-hetero) is 1. The van der Waals surface area contributed by atoms with E-state index >= 15 is 0 Å². The molecule has 3 aromatic carbocycles. The number of anilines is 2. The monoisotopic (exact) mass is 513 g/mol. The molecule has 0 aromatic heterocycles. The molecule has 3 aromatic rings. The first kappa shape index (κ1) is 26.2. The highest BCUT2D eigenvalue weighted by Gasteiger charge is 2.21. The maximum absolute atomic E-state index is 12.4. The summed E-state index contributed by atoms with van der Waals surface area (Å²) < 4.78 is 0. The summed E-state index contributed by atoms with van der Waals surface area (Å²) in [4.78, 5) is 36.0. The van der Waals surface area contributed by atoms with E-state index in [-0.39, 0.29) is 18.2 Å². The molecule has 35 heavy (non-hydrogen) atoms. The van der Waals surface area contributed by atoms with E-state index in [2.05, 4.69) is 16.0 Å². The molecule has 9 heteroatoms. The van der Waals surface area contributed by atoms with Gasteiger partial charge in [-0.1, -0.05) is 73.4 Å². The van der Waals surface area contributed by atoms with Crippen LogP contribution in [0.15, 0.2) is 66.7 Å². The number of benzene rings is 3. The largest absolute Gasteiger partial charge is 0.480 e. The highest BCUT2D eigenvalue weighted by molar-refractivity contribution is 6.36. The molecule has 4 N–H and O–H groups in total. The number of rotatable bonds is 9. The van der Waals surface area contributed by atoms with Crippen LogP contribution in [0.4, 0.5) is 16.2 Å². The van der Waals surface area contributed by atoms with Crippen LogP contribution < -0.4 is 16.0 Å². The van der Waals surface area contributed by atoms with Crippen molar-refractivity contribution in [3.8, 4) is 11.1 Å². The average molecular weight is 514 g/mol. The summed E-state index contributed by atoms with van der Waals surface area (Å²) in [7, 11) is 0. The third-order valence-electron chi connectivity index (χ3n) is 5.28. The molecule has 2 amide bonds. The summed E-state index contributed by atoms with van der Waals surface area (Å²) in [5.41, 5.74) is 3.32. The number of hydrogen-bond donors (Lipinski definition) is 4. The maximum atomic E-state index is 12.4. The summed E-state index contributed by atoms with van der Waals surface area (Å²) >= 11 is 11.9. The van der Waals surface area contributed by atoms with Gasteiger partial charge in [0, 0.05) is 16.3 Å². The van der Waals surface area contributed by atoms with E-state index < -0.39 is 18.0 Å². The summed E-state index contributed by atoms with van der Waals surface area (Å²) in [6.07, 6.45) is 0. The van der Waals surface area contributed by atoms with Crippen molar-refractivity contribution in [3.63, 3.8) is 0 Å². The van der Waals surface area contributed by atoms with Crippen molar-refractivity contribution >= 4 is 52.4 Å². The standard InChI is InChI=1S/C26H25Cl2N3O4/c1-15(2)24(25(33)34)29-14-23(32)18-5-3-16(4-6-18)17-7-10-20(11-8-17)30-26(35)31-22-12-9-19(27)13-21(22)28/h3-13,15,24,29H,14H2,1-2H3,(H,33,34)(H2,30,31,35)/t24-/m0/s1. The van der Waals surface area contributed by atoms with E-state index in [9.17, 15) is 19.5 Å². The Bertz CT molecular complexity index is 1210. The molecule has 0 heterocycles. The lowest BCUT2D eigenvalue weighted by atomic mass is 10.0. The number of nitrogens with one attached hydrogen (secondary N) is 3.